The molecule has 2 N–H and O–H groups in total. The maximum atomic E-state index is 11.4. The minimum atomic E-state index is -0.221. The van der Waals surface area contributed by atoms with E-state index in [4.69, 9.17) is 0 Å². The summed E-state index contributed by atoms with van der Waals surface area (Å²) in [5.41, 5.74) is 2.57. The minimum Gasteiger partial charge on any atom is -0.469 e. The summed E-state index contributed by atoms with van der Waals surface area (Å²) in [6.45, 7) is 0.970. The van der Waals surface area contributed by atoms with Crippen molar-refractivity contribution in [2.75, 3.05) is 13.7 Å². The molecule has 0 fully saturated rings. The molecule has 0 saturated heterocycles. The number of hydrogen-bond acceptors (Lipinski definition) is 5. The molecule has 0 radical (unpaired) electrons. The van der Waals surface area contributed by atoms with Crippen LogP contribution in [0.2, 0.25) is 0 Å². The number of unbranched alkanes of at least 4 members (excludes halogenated alkanes) is 1. The van der Waals surface area contributed by atoms with Crippen LogP contribution in [0.3, 0.4) is 0 Å². The molecule has 0 aromatic carbocycles. The fourth-order valence-corrected chi connectivity index (χ4v) is 1.81. The lowest BCUT2D eigenvalue weighted by Crippen LogP contribution is -2.35. The van der Waals surface area contributed by atoms with Crippen LogP contribution in [0.1, 0.15) is 25.0 Å². The molecule has 1 rings (SSSR count). The standard InChI is InChI=1S/C11H17N3O3S/c1-17-10(15)4-2-3-5-12-11(16)13-6-9-7-18-8-14-9/h7-8H,2-6H2,1H3,(H2,12,13,16). The Morgan fingerprint density at radius 1 is 1.39 bits per heavy atom. The normalized spacial score (nSPS) is 9.83. The Morgan fingerprint density at radius 3 is 2.89 bits per heavy atom. The first-order valence-corrected chi connectivity index (χ1v) is 6.62. The second kappa shape index (κ2) is 8.46. The van der Waals surface area contributed by atoms with Crippen molar-refractivity contribution in [1.29, 1.82) is 0 Å². The van der Waals surface area contributed by atoms with E-state index in [0.29, 0.717) is 25.9 Å². The predicted octanol–water partition coefficient (Wildman–Crippen LogP) is 1.29. The zero-order chi connectivity index (χ0) is 13.2. The van der Waals surface area contributed by atoms with Gasteiger partial charge in [0, 0.05) is 18.3 Å². The van der Waals surface area contributed by atoms with Crippen LogP contribution >= 0.6 is 11.3 Å². The zero-order valence-electron chi connectivity index (χ0n) is 10.3. The summed E-state index contributed by atoms with van der Waals surface area (Å²) in [5.74, 6) is -0.219. The van der Waals surface area contributed by atoms with Gasteiger partial charge in [-0.15, -0.1) is 11.3 Å². The van der Waals surface area contributed by atoms with E-state index in [1.165, 1.54) is 18.4 Å². The Hall–Kier alpha value is -1.63. The van der Waals surface area contributed by atoms with E-state index >= 15 is 0 Å². The molecule has 0 saturated carbocycles. The van der Waals surface area contributed by atoms with Gasteiger partial charge in [0.25, 0.3) is 0 Å². The summed E-state index contributed by atoms with van der Waals surface area (Å²) in [4.78, 5) is 26.2. The van der Waals surface area contributed by atoms with Gasteiger partial charge in [-0.25, -0.2) is 9.78 Å². The first-order valence-electron chi connectivity index (χ1n) is 5.68. The number of methoxy groups -OCH3 is 1. The number of urea groups is 1. The zero-order valence-corrected chi connectivity index (χ0v) is 11.1. The largest absolute Gasteiger partial charge is 0.469 e. The van der Waals surface area contributed by atoms with Gasteiger partial charge >= 0.3 is 12.0 Å². The molecule has 0 atom stereocenters. The van der Waals surface area contributed by atoms with Crippen molar-refractivity contribution < 1.29 is 14.3 Å². The highest BCUT2D eigenvalue weighted by atomic mass is 32.1. The van der Waals surface area contributed by atoms with E-state index < -0.39 is 0 Å². The lowest BCUT2D eigenvalue weighted by Gasteiger charge is -2.06. The molecule has 6 nitrogen and oxygen atoms in total. The maximum Gasteiger partial charge on any atom is 0.315 e. The van der Waals surface area contributed by atoms with E-state index in [9.17, 15) is 9.59 Å². The molecule has 0 bridgehead atoms. The number of esters is 1. The monoisotopic (exact) mass is 271 g/mol. The average Bonchev–Trinajstić information content (AvgIpc) is 2.88. The Bertz CT molecular complexity index is 368. The Labute approximate surface area is 110 Å². The fraction of sp³-hybridized carbons (Fsp3) is 0.545. The number of amides is 2. The van der Waals surface area contributed by atoms with Crippen molar-refractivity contribution in [2.45, 2.75) is 25.8 Å². The van der Waals surface area contributed by atoms with Gasteiger partial charge in [0.05, 0.1) is 24.9 Å². The quantitative estimate of drug-likeness (QED) is 0.578. The first kappa shape index (κ1) is 14.4. The van der Waals surface area contributed by atoms with Gasteiger partial charge in [-0.1, -0.05) is 0 Å². The van der Waals surface area contributed by atoms with Crippen LogP contribution in [-0.2, 0) is 16.1 Å². The molecule has 18 heavy (non-hydrogen) atoms. The molecule has 1 aromatic heterocycles. The van der Waals surface area contributed by atoms with Gasteiger partial charge in [0.2, 0.25) is 0 Å². The van der Waals surface area contributed by atoms with Crippen LogP contribution in [0.15, 0.2) is 10.9 Å². The predicted molar refractivity (Wildman–Crippen MR) is 68.2 cm³/mol. The van der Waals surface area contributed by atoms with Gasteiger partial charge in [0.15, 0.2) is 0 Å². The molecule has 0 aliphatic rings. The molecular weight excluding hydrogens is 254 g/mol. The van der Waals surface area contributed by atoms with Crippen molar-refractivity contribution in [1.82, 2.24) is 15.6 Å². The highest BCUT2D eigenvalue weighted by Crippen LogP contribution is 1.99. The lowest BCUT2D eigenvalue weighted by molar-refractivity contribution is -0.140. The van der Waals surface area contributed by atoms with Crippen molar-refractivity contribution in [2.24, 2.45) is 0 Å². The number of thiazole rings is 1. The van der Waals surface area contributed by atoms with E-state index in [-0.39, 0.29) is 12.0 Å². The van der Waals surface area contributed by atoms with Crippen molar-refractivity contribution >= 4 is 23.3 Å². The number of ether oxygens (including phenoxy) is 1. The first-order chi connectivity index (χ1) is 8.72. The average molecular weight is 271 g/mol. The number of aromatic nitrogens is 1. The van der Waals surface area contributed by atoms with E-state index in [1.807, 2.05) is 5.38 Å². The van der Waals surface area contributed by atoms with Gasteiger partial charge in [-0.2, -0.15) is 0 Å². The third-order valence-electron chi connectivity index (χ3n) is 2.23. The molecule has 1 aromatic rings. The van der Waals surface area contributed by atoms with Crippen molar-refractivity contribution in [3.05, 3.63) is 16.6 Å². The van der Waals surface area contributed by atoms with Crippen LogP contribution < -0.4 is 10.6 Å². The number of hydrogen-bond donors (Lipinski definition) is 2. The number of carbonyl (C=O) groups excluding carboxylic acids is 2. The van der Waals surface area contributed by atoms with Gasteiger partial charge in [-0.3, -0.25) is 4.79 Å². The summed E-state index contributed by atoms with van der Waals surface area (Å²) in [5, 5.41) is 7.29. The maximum absolute atomic E-state index is 11.4. The van der Waals surface area contributed by atoms with Gasteiger partial charge in [0.1, 0.15) is 0 Å². The molecule has 2 amide bonds. The van der Waals surface area contributed by atoms with Gasteiger partial charge in [-0.05, 0) is 12.8 Å². The summed E-state index contributed by atoms with van der Waals surface area (Å²) < 4.78 is 4.51. The van der Waals surface area contributed by atoms with Crippen molar-refractivity contribution in [3.63, 3.8) is 0 Å². The van der Waals surface area contributed by atoms with Gasteiger partial charge < -0.3 is 15.4 Å². The number of carbonyl (C=O) groups is 2. The Morgan fingerprint density at radius 2 is 2.22 bits per heavy atom. The summed E-state index contributed by atoms with van der Waals surface area (Å²) in [6.07, 6.45) is 1.84. The van der Waals surface area contributed by atoms with E-state index in [1.54, 1.807) is 5.51 Å². The SMILES string of the molecule is COC(=O)CCCCNC(=O)NCc1cscn1. The smallest absolute Gasteiger partial charge is 0.315 e. The highest BCUT2D eigenvalue weighted by molar-refractivity contribution is 7.07. The molecule has 0 spiro atoms. The summed E-state index contributed by atoms with van der Waals surface area (Å²) >= 11 is 1.49. The van der Waals surface area contributed by atoms with Crippen LogP contribution in [0.25, 0.3) is 0 Å². The molecule has 1 heterocycles. The third-order valence-corrected chi connectivity index (χ3v) is 2.87. The highest BCUT2D eigenvalue weighted by Gasteiger charge is 2.02. The van der Waals surface area contributed by atoms with E-state index in [2.05, 4.69) is 20.4 Å². The Balaban J connectivity index is 1.98. The van der Waals surface area contributed by atoms with E-state index in [0.717, 1.165) is 12.1 Å². The van der Waals surface area contributed by atoms with Crippen molar-refractivity contribution in [3.8, 4) is 0 Å². The summed E-state index contributed by atoms with van der Waals surface area (Å²) in [6, 6.07) is -0.221. The Kier molecular flexibility index (Phi) is 6.78. The van der Waals surface area contributed by atoms with Crippen LogP contribution in [-0.4, -0.2) is 30.6 Å². The second-order valence-electron chi connectivity index (χ2n) is 3.62. The molecule has 7 heteroatoms. The number of nitrogens with one attached hydrogen (secondary N) is 2. The third kappa shape index (κ3) is 6.19. The molecule has 100 valence electrons. The number of rotatable bonds is 7. The topological polar surface area (TPSA) is 80.3 Å². The molecule has 0 aliphatic heterocycles. The molecule has 0 aliphatic carbocycles. The van der Waals surface area contributed by atoms with Crippen LogP contribution in [0.4, 0.5) is 4.79 Å². The molecule has 0 unspecified atom stereocenters. The lowest BCUT2D eigenvalue weighted by atomic mass is 10.2. The minimum absolute atomic E-state index is 0.219. The summed E-state index contributed by atoms with van der Waals surface area (Å²) in [7, 11) is 1.37. The van der Waals surface area contributed by atoms with Crippen LogP contribution in [0, 0.1) is 0 Å². The van der Waals surface area contributed by atoms with Crippen LogP contribution in [0.5, 0.6) is 0 Å². The molecular formula is C11H17N3O3S. The fourth-order valence-electron chi connectivity index (χ4n) is 1.26. The number of nitrogens with zero attached hydrogens (tertiary/aromatic N) is 1. The second-order valence-corrected chi connectivity index (χ2v) is 4.34.